The Morgan fingerprint density at radius 3 is 2.31 bits per heavy atom. The van der Waals surface area contributed by atoms with Gasteiger partial charge in [0.05, 0.1) is 11.4 Å². The van der Waals surface area contributed by atoms with Gasteiger partial charge in [0.25, 0.3) is 5.91 Å². The van der Waals surface area contributed by atoms with Gasteiger partial charge in [0, 0.05) is 31.4 Å². The summed E-state index contributed by atoms with van der Waals surface area (Å²) in [4.78, 5) is 35.1. The molecule has 0 radical (unpaired) electrons. The van der Waals surface area contributed by atoms with Gasteiger partial charge in [0.1, 0.15) is 11.4 Å². The highest BCUT2D eigenvalue weighted by Gasteiger charge is 2.31. The van der Waals surface area contributed by atoms with Crippen LogP contribution in [0.5, 0.6) is 0 Å². The molecule has 0 aromatic carbocycles. The predicted molar refractivity (Wildman–Crippen MR) is 137 cm³/mol. The zero-order chi connectivity index (χ0) is 26.3. The summed E-state index contributed by atoms with van der Waals surface area (Å²) < 4.78 is 7.39. The van der Waals surface area contributed by atoms with Crippen LogP contribution in [0.4, 0.5) is 4.79 Å². The quantitative estimate of drug-likeness (QED) is 0.680. The second-order valence-electron chi connectivity index (χ2n) is 9.42. The Labute approximate surface area is 209 Å². The minimum atomic E-state index is -0.510. The van der Waals surface area contributed by atoms with E-state index in [1.54, 1.807) is 4.90 Å². The van der Waals surface area contributed by atoms with Gasteiger partial charge in [-0.25, -0.2) is 14.8 Å². The van der Waals surface area contributed by atoms with Gasteiger partial charge in [0.15, 0.2) is 5.69 Å². The van der Waals surface area contributed by atoms with E-state index in [0.717, 1.165) is 41.8 Å². The fourth-order valence-electron chi connectivity index (χ4n) is 4.34. The standard InChI is InChI=1S/C22H30N6O3.2C2H6/c1-13-24-11-15-5-6-16-18(20(23)29)26-28(19(16)17(15)25-13)12-14-7-9-27(10-8-14)21(30)31-22(2,3)4;2*1-2/h11,14H,5-10,12H2,1-4H3,(H2,23,29);2*1-2H3. The van der Waals surface area contributed by atoms with E-state index in [9.17, 15) is 9.59 Å². The molecule has 0 spiro atoms. The molecule has 3 heterocycles. The topological polar surface area (TPSA) is 116 Å². The van der Waals surface area contributed by atoms with Crippen LogP contribution in [0, 0.1) is 12.8 Å². The summed E-state index contributed by atoms with van der Waals surface area (Å²) in [5, 5.41) is 4.59. The van der Waals surface area contributed by atoms with Gasteiger partial charge in [-0.3, -0.25) is 9.48 Å². The fraction of sp³-hybridized carbons (Fsp3) is 0.654. The van der Waals surface area contributed by atoms with E-state index in [-0.39, 0.29) is 6.09 Å². The van der Waals surface area contributed by atoms with Crippen molar-refractivity contribution in [1.29, 1.82) is 0 Å². The van der Waals surface area contributed by atoms with Crippen LogP contribution >= 0.6 is 0 Å². The lowest BCUT2D eigenvalue weighted by Crippen LogP contribution is -2.42. The van der Waals surface area contributed by atoms with Crippen molar-refractivity contribution in [2.45, 2.75) is 93.2 Å². The number of aryl methyl sites for hydroxylation is 2. The van der Waals surface area contributed by atoms with Crippen molar-refractivity contribution in [3.63, 3.8) is 0 Å². The maximum Gasteiger partial charge on any atom is 0.410 e. The average molecular weight is 487 g/mol. The molecule has 1 fully saturated rings. The van der Waals surface area contributed by atoms with Crippen molar-refractivity contribution in [3.05, 3.63) is 28.8 Å². The Morgan fingerprint density at radius 2 is 1.74 bits per heavy atom. The van der Waals surface area contributed by atoms with Gasteiger partial charge in [-0.2, -0.15) is 5.10 Å². The molecule has 2 amide bonds. The SMILES string of the molecule is CC.CC.Cc1ncc2c(n1)-c1c(c(C(N)=O)nn1CC1CCN(C(=O)OC(C)(C)C)CC1)CC2. The molecule has 2 N–H and O–H groups in total. The molecule has 1 aliphatic carbocycles. The van der Waals surface area contributed by atoms with E-state index in [1.807, 2.05) is 66.3 Å². The molecule has 194 valence electrons. The third-order valence-electron chi connectivity index (χ3n) is 5.83. The van der Waals surface area contributed by atoms with Crippen LogP contribution in [0.1, 0.15) is 88.7 Å². The molecule has 0 atom stereocenters. The van der Waals surface area contributed by atoms with E-state index in [1.165, 1.54) is 0 Å². The first-order chi connectivity index (χ1) is 16.6. The maximum absolute atomic E-state index is 12.3. The molecule has 1 saturated heterocycles. The second kappa shape index (κ2) is 12.1. The average Bonchev–Trinajstić information content (AvgIpc) is 3.20. The third-order valence-corrected chi connectivity index (χ3v) is 5.83. The van der Waals surface area contributed by atoms with Crippen molar-refractivity contribution in [2.75, 3.05) is 13.1 Å². The van der Waals surface area contributed by atoms with E-state index >= 15 is 0 Å². The Morgan fingerprint density at radius 1 is 1.11 bits per heavy atom. The first kappa shape index (κ1) is 28.3. The molecule has 9 heteroatoms. The number of carbonyl (C=O) groups is 2. The molecule has 0 bridgehead atoms. The Hall–Kier alpha value is -2.97. The Balaban J connectivity index is 0.00000103. The smallest absolute Gasteiger partial charge is 0.410 e. The first-order valence-electron chi connectivity index (χ1n) is 12.8. The van der Waals surface area contributed by atoms with Gasteiger partial charge in [-0.15, -0.1) is 0 Å². The lowest BCUT2D eigenvalue weighted by atomic mass is 9.92. The summed E-state index contributed by atoms with van der Waals surface area (Å²) in [5.41, 5.74) is 9.14. The predicted octanol–water partition coefficient (Wildman–Crippen LogP) is 4.55. The molecule has 2 aromatic heterocycles. The summed E-state index contributed by atoms with van der Waals surface area (Å²) >= 11 is 0. The van der Waals surface area contributed by atoms with Crippen LogP contribution in [0.15, 0.2) is 6.20 Å². The summed E-state index contributed by atoms with van der Waals surface area (Å²) in [5.74, 6) is 0.506. The van der Waals surface area contributed by atoms with Gasteiger partial charge in [-0.1, -0.05) is 27.7 Å². The molecule has 9 nitrogen and oxygen atoms in total. The van der Waals surface area contributed by atoms with Crippen molar-refractivity contribution >= 4 is 12.0 Å². The first-order valence-corrected chi connectivity index (χ1v) is 12.8. The number of amides is 2. The van der Waals surface area contributed by atoms with Gasteiger partial charge < -0.3 is 15.4 Å². The minimum Gasteiger partial charge on any atom is -0.444 e. The maximum atomic E-state index is 12.3. The van der Waals surface area contributed by atoms with Crippen LogP contribution < -0.4 is 5.73 Å². The third kappa shape index (κ3) is 6.80. The molecule has 0 unspecified atom stereocenters. The number of carbonyl (C=O) groups excluding carboxylic acids is 2. The normalized spacial score (nSPS) is 15.0. The van der Waals surface area contributed by atoms with Crippen LogP contribution in [0.25, 0.3) is 11.4 Å². The number of aromatic nitrogens is 4. The van der Waals surface area contributed by atoms with E-state index in [2.05, 4.69) is 15.1 Å². The number of ether oxygens (including phenoxy) is 1. The number of nitrogens with two attached hydrogens (primary N) is 1. The number of fused-ring (bicyclic) bond motifs is 3. The Kier molecular flexibility index (Phi) is 9.80. The monoisotopic (exact) mass is 486 g/mol. The van der Waals surface area contributed by atoms with Crippen molar-refractivity contribution in [2.24, 2.45) is 11.7 Å². The summed E-state index contributed by atoms with van der Waals surface area (Å²) in [6, 6.07) is 0. The summed E-state index contributed by atoms with van der Waals surface area (Å²) in [7, 11) is 0. The van der Waals surface area contributed by atoms with Crippen LogP contribution in [0.2, 0.25) is 0 Å². The van der Waals surface area contributed by atoms with Gasteiger partial charge in [-0.05, 0) is 64.9 Å². The van der Waals surface area contributed by atoms with Crippen LogP contribution in [-0.2, 0) is 24.1 Å². The molecule has 1 aliphatic heterocycles. The number of rotatable bonds is 3. The van der Waals surface area contributed by atoms with Gasteiger partial charge >= 0.3 is 6.09 Å². The number of nitrogens with zero attached hydrogens (tertiary/aromatic N) is 5. The van der Waals surface area contributed by atoms with Crippen LogP contribution in [-0.4, -0.2) is 55.3 Å². The largest absolute Gasteiger partial charge is 0.444 e. The Bertz CT molecular complexity index is 1020. The van der Waals surface area contributed by atoms with E-state index in [0.29, 0.717) is 43.5 Å². The van der Waals surface area contributed by atoms with E-state index in [4.69, 9.17) is 10.5 Å². The lowest BCUT2D eigenvalue weighted by molar-refractivity contribution is 0.0177. The molecule has 4 rings (SSSR count). The lowest BCUT2D eigenvalue weighted by Gasteiger charge is -2.33. The molecular formula is C26H42N6O3. The summed E-state index contributed by atoms with van der Waals surface area (Å²) in [6.45, 7) is 17.4. The molecule has 2 aliphatic rings. The van der Waals surface area contributed by atoms with E-state index < -0.39 is 11.5 Å². The summed E-state index contributed by atoms with van der Waals surface area (Å²) in [6.07, 6.45) is 4.75. The highest BCUT2D eigenvalue weighted by Crippen LogP contribution is 2.35. The minimum absolute atomic E-state index is 0.264. The van der Waals surface area contributed by atoms with Crippen LogP contribution in [0.3, 0.4) is 0 Å². The highest BCUT2D eigenvalue weighted by molar-refractivity contribution is 5.94. The molecular weight excluding hydrogens is 444 g/mol. The fourth-order valence-corrected chi connectivity index (χ4v) is 4.34. The molecule has 0 saturated carbocycles. The number of hydrogen-bond acceptors (Lipinski definition) is 6. The van der Waals surface area contributed by atoms with Crippen molar-refractivity contribution < 1.29 is 14.3 Å². The number of likely N-dealkylation sites (tertiary alicyclic amines) is 1. The van der Waals surface area contributed by atoms with Gasteiger partial charge in [0.2, 0.25) is 0 Å². The zero-order valence-electron chi connectivity index (χ0n) is 22.6. The molecule has 2 aromatic rings. The molecule has 35 heavy (non-hydrogen) atoms. The number of piperidine rings is 1. The number of primary amides is 1. The van der Waals surface area contributed by atoms with Crippen molar-refractivity contribution in [3.8, 4) is 11.4 Å². The zero-order valence-corrected chi connectivity index (χ0v) is 22.6. The number of hydrogen-bond donors (Lipinski definition) is 1. The highest BCUT2D eigenvalue weighted by atomic mass is 16.6. The second-order valence-corrected chi connectivity index (χ2v) is 9.42. The van der Waals surface area contributed by atoms with Crippen molar-refractivity contribution in [1.82, 2.24) is 24.6 Å².